The molecule has 0 spiro atoms. The fraction of sp³-hybridized carbons (Fsp3) is 0.238. The van der Waals surface area contributed by atoms with E-state index in [0.29, 0.717) is 6.20 Å². The predicted molar refractivity (Wildman–Crippen MR) is 115 cm³/mol. The van der Waals surface area contributed by atoms with Crippen molar-refractivity contribution >= 4 is 21.8 Å². The second-order valence-corrected chi connectivity index (χ2v) is 9.16. The predicted octanol–water partition coefficient (Wildman–Crippen LogP) is 3.42. The third kappa shape index (κ3) is 6.04. The van der Waals surface area contributed by atoms with Gasteiger partial charge in [-0.05, 0) is 23.3 Å². The fourth-order valence-corrected chi connectivity index (χ4v) is 4.02. The molecule has 0 radical (unpaired) electrons. The minimum Gasteiger partial charge on any atom is -0.366 e. The Labute approximate surface area is 187 Å². The number of nitrogens with zero attached hydrogens (tertiary/aromatic N) is 4. The summed E-state index contributed by atoms with van der Waals surface area (Å²) in [4.78, 5) is 18.1. The van der Waals surface area contributed by atoms with Gasteiger partial charge < -0.3 is 5.73 Å². The summed E-state index contributed by atoms with van der Waals surface area (Å²) in [6, 6.07) is 3.71. The van der Waals surface area contributed by atoms with E-state index in [2.05, 4.69) is 15.1 Å². The van der Waals surface area contributed by atoms with Gasteiger partial charge in [-0.3, -0.25) is 9.78 Å². The highest BCUT2D eigenvalue weighted by atomic mass is 32.2. The van der Waals surface area contributed by atoms with Gasteiger partial charge >= 0.3 is 6.18 Å². The molecule has 8 nitrogen and oxygen atoms in total. The number of alkyl halides is 3. The number of benzene rings is 1. The van der Waals surface area contributed by atoms with Gasteiger partial charge in [-0.2, -0.15) is 18.3 Å². The van der Waals surface area contributed by atoms with Crippen molar-refractivity contribution in [3.05, 3.63) is 60.5 Å². The molecule has 2 heterocycles. The molecule has 1 aliphatic carbocycles. The van der Waals surface area contributed by atoms with Crippen LogP contribution in [0.5, 0.6) is 0 Å². The van der Waals surface area contributed by atoms with Gasteiger partial charge in [0.15, 0.2) is 9.84 Å². The zero-order valence-electron chi connectivity index (χ0n) is 17.5. The first-order valence-electron chi connectivity index (χ1n) is 9.71. The monoisotopic (exact) mass is 479 g/mol. The molecule has 1 fully saturated rings. The Bertz CT molecular complexity index is 1280. The molecule has 12 heteroatoms. The molecule has 1 saturated carbocycles. The molecular weight excluding hydrogens is 459 g/mol. The Hall–Kier alpha value is -3.54. The number of halogens is 3. The maximum Gasteiger partial charge on any atom is 0.418 e. The number of aromatic nitrogens is 4. The molecule has 2 N–H and O–H groups in total. The number of carbonyl (C=O) groups excluding carboxylic acids is 1. The lowest BCUT2D eigenvalue weighted by molar-refractivity contribution is -0.137. The Kier molecular flexibility index (Phi) is 6.96. The van der Waals surface area contributed by atoms with Gasteiger partial charge in [-0.1, -0.05) is 31.4 Å². The summed E-state index contributed by atoms with van der Waals surface area (Å²) in [5, 5.41) is 3.90. The summed E-state index contributed by atoms with van der Waals surface area (Å²) < 4.78 is 67.0. The highest BCUT2D eigenvalue weighted by molar-refractivity contribution is 7.91. The van der Waals surface area contributed by atoms with E-state index in [-0.39, 0.29) is 27.3 Å². The van der Waals surface area contributed by atoms with Crippen LogP contribution in [0.1, 0.15) is 30.4 Å². The van der Waals surface area contributed by atoms with Crippen molar-refractivity contribution in [2.24, 2.45) is 5.73 Å². The molecule has 0 atom stereocenters. The molecule has 1 amide bonds. The number of rotatable bonds is 5. The minimum absolute atomic E-state index is 0.0492. The first kappa shape index (κ1) is 24.1. The van der Waals surface area contributed by atoms with Crippen molar-refractivity contribution in [1.29, 1.82) is 0 Å². The molecule has 0 aliphatic heterocycles. The van der Waals surface area contributed by atoms with Gasteiger partial charge in [0, 0.05) is 30.3 Å². The van der Waals surface area contributed by atoms with Crippen molar-refractivity contribution in [3.8, 4) is 16.8 Å². The lowest BCUT2D eigenvalue weighted by atomic mass is 9.97. The molecule has 0 bridgehead atoms. The highest BCUT2D eigenvalue weighted by Gasteiger charge is 2.35. The minimum atomic E-state index is -4.74. The van der Waals surface area contributed by atoms with Crippen LogP contribution < -0.4 is 5.73 Å². The quantitative estimate of drug-likeness (QED) is 0.560. The molecule has 174 valence electrons. The number of amides is 1. The standard InChI is InChI=1S/C18H14F3N5O3S.C3H6/c1-30(28,29)17-11(3-5-15(22)27)2-4-13(16(17)26-10-24-9-25-26)12-6-7-23-8-14(12)18(19,20)21;1-2-3-1/h2-10H,1H3,(H2,22,27);1-3H2/b5-3+;. The molecule has 4 rings (SSSR count). The number of sulfone groups is 1. The molecule has 0 saturated heterocycles. The van der Waals surface area contributed by atoms with E-state index in [0.717, 1.165) is 41.9 Å². The Balaban J connectivity index is 0.000000942. The number of primary amides is 1. The molecule has 1 aromatic carbocycles. The van der Waals surface area contributed by atoms with Crippen LogP contribution in [0.25, 0.3) is 22.9 Å². The average molecular weight is 479 g/mol. The van der Waals surface area contributed by atoms with Crippen LogP contribution in [0.2, 0.25) is 0 Å². The van der Waals surface area contributed by atoms with Crippen molar-refractivity contribution < 1.29 is 26.4 Å². The topological polar surface area (TPSA) is 121 Å². The van der Waals surface area contributed by atoms with Crippen LogP contribution in [0.3, 0.4) is 0 Å². The van der Waals surface area contributed by atoms with Gasteiger partial charge in [-0.25, -0.2) is 18.1 Å². The van der Waals surface area contributed by atoms with Gasteiger partial charge in [-0.15, -0.1) is 0 Å². The van der Waals surface area contributed by atoms with Crippen molar-refractivity contribution in [2.45, 2.75) is 30.3 Å². The van der Waals surface area contributed by atoms with Crippen LogP contribution in [0.15, 0.2) is 54.2 Å². The lowest BCUT2D eigenvalue weighted by Gasteiger charge is -2.19. The maximum atomic E-state index is 13.6. The van der Waals surface area contributed by atoms with Crippen LogP contribution in [0.4, 0.5) is 13.2 Å². The summed E-state index contributed by atoms with van der Waals surface area (Å²) in [6.07, 6.45) is 6.85. The van der Waals surface area contributed by atoms with E-state index < -0.39 is 27.5 Å². The van der Waals surface area contributed by atoms with Crippen LogP contribution in [-0.4, -0.2) is 40.3 Å². The summed E-state index contributed by atoms with van der Waals surface area (Å²) in [5.74, 6) is -0.825. The second-order valence-electron chi connectivity index (χ2n) is 7.21. The molecule has 33 heavy (non-hydrogen) atoms. The first-order chi connectivity index (χ1) is 15.5. The summed E-state index contributed by atoms with van der Waals surface area (Å²) in [7, 11) is -4.01. The van der Waals surface area contributed by atoms with Crippen molar-refractivity contribution in [2.75, 3.05) is 6.26 Å². The van der Waals surface area contributed by atoms with E-state index in [9.17, 15) is 26.4 Å². The zero-order valence-corrected chi connectivity index (χ0v) is 18.3. The van der Waals surface area contributed by atoms with E-state index in [1.54, 1.807) is 0 Å². The van der Waals surface area contributed by atoms with Gasteiger partial charge in [0.05, 0.1) is 11.3 Å². The van der Waals surface area contributed by atoms with Crippen molar-refractivity contribution in [3.63, 3.8) is 0 Å². The van der Waals surface area contributed by atoms with Gasteiger partial charge in [0.25, 0.3) is 0 Å². The summed E-state index contributed by atoms with van der Waals surface area (Å²) in [5.41, 5.74) is 3.57. The van der Waals surface area contributed by atoms with Crippen LogP contribution in [0, 0.1) is 0 Å². The van der Waals surface area contributed by atoms with Crippen molar-refractivity contribution in [1.82, 2.24) is 19.7 Å². The number of hydrogen-bond donors (Lipinski definition) is 1. The largest absolute Gasteiger partial charge is 0.418 e. The number of carbonyl (C=O) groups is 1. The third-order valence-corrected chi connectivity index (χ3v) is 5.55. The van der Waals surface area contributed by atoms with E-state index in [1.807, 2.05) is 0 Å². The number of nitrogens with two attached hydrogens (primary N) is 1. The Morgan fingerprint density at radius 2 is 1.82 bits per heavy atom. The summed E-state index contributed by atoms with van der Waals surface area (Å²) >= 11 is 0. The number of pyridine rings is 1. The molecule has 1 aliphatic rings. The molecule has 2 aromatic heterocycles. The molecule has 3 aromatic rings. The Morgan fingerprint density at radius 1 is 1.12 bits per heavy atom. The maximum absolute atomic E-state index is 13.6. The van der Waals surface area contributed by atoms with E-state index >= 15 is 0 Å². The van der Waals surface area contributed by atoms with Gasteiger partial charge in [0.1, 0.15) is 17.6 Å². The Morgan fingerprint density at radius 3 is 2.33 bits per heavy atom. The molecular formula is C21H20F3N5O3S. The fourth-order valence-electron chi connectivity index (χ4n) is 2.90. The third-order valence-electron chi connectivity index (χ3n) is 4.38. The van der Waals surface area contributed by atoms with Gasteiger partial charge in [0.2, 0.25) is 5.91 Å². The van der Waals surface area contributed by atoms with E-state index in [1.165, 1.54) is 37.5 Å². The second kappa shape index (κ2) is 9.53. The van der Waals surface area contributed by atoms with E-state index in [4.69, 9.17) is 5.73 Å². The summed E-state index contributed by atoms with van der Waals surface area (Å²) in [6.45, 7) is 0. The normalized spacial score (nSPS) is 13.5. The number of hydrogen-bond acceptors (Lipinski definition) is 6. The smallest absolute Gasteiger partial charge is 0.366 e. The first-order valence-corrected chi connectivity index (χ1v) is 11.6. The zero-order chi connectivity index (χ0) is 24.2. The molecule has 0 unspecified atom stereocenters. The van der Waals surface area contributed by atoms with Crippen LogP contribution >= 0.6 is 0 Å². The lowest BCUT2D eigenvalue weighted by Crippen LogP contribution is -2.13. The highest BCUT2D eigenvalue weighted by Crippen LogP contribution is 2.41. The average Bonchev–Trinajstić information content (AvgIpc) is 3.53. The SMILES string of the molecule is C1CC1.CS(=O)(=O)c1c(/C=C/C(N)=O)ccc(-c2ccncc2C(F)(F)F)c1-n1cncn1. The van der Waals surface area contributed by atoms with Crippen LogP contribution in [-0.2, 0) is 20.8 Å².